The summed E-state index contributed by atoms with van der Waals surface area (Å²) in [6.45, 7) is 0. The highest BCUT2D eigenvalue weighted by atomic mass is 35.5. The molecule has 0 radical (unpaired) electrons. The highest BCUT2D eigenvalue weighted by Crippen LogP contribution is 2.23. The second-order valence-electron chi connectivity index (χ2n) is 5.71. The number of hydrogen-bond donors (Lipinski definition) is 1. The van der Waals surface area contributed by atoms with E-state index < -0.39 is 27.9 Å². The Hall–Kier alpha value is -3.25. The molecule has 2 aromatic heterocycles. The summed E-state index contributed by atoms with van der Waals surface area (Å²) < 4.78 is 15.2. The van der Waals surface area contributed by atoms with E-state index in [9.17, 15) is 19.1 Å². The van der Waals surface area contributed by atoms with Crippen LogP contribution in [-0.4, -0.2) is 20.6 Å². The monoisotopic (exact) mass is 368 g/mol. The Morgan fingerprint density at radius 3 is 2.58 bits per heavy atom. The molecular formula is C19H10ClFN2O3. The van der Waals surface area contributed by atoms with E-state index in [4.69, 9.17) is 11.6 Å². The molecular weight excluding hydrogens is 359 g/mol. The molecule has 0 bridgehead atoms. The van der Waals surface area contributed by atoms with Crippen LogP contribution < -0.4 is 5.43 Å². The van der Waals surface area contributed by atoms with E-state index in [1.54, 1.807) is 6.07 Å². The van der Waals surface area contributed by atoms with Gasteiger partial charge in [-0.15, -0.1) is 0 Å². The minimum atomic E-state index is -1.40. The fourth-order valence-electron chi connectivity index (χ4n) is 2.88. The molecule has 0 saturated heterocycles. The van der Waals surface area contributed by atoms with Crippen LogP contribution in [0.4, 0.5) is 4.39 Å². The molecule has 0 atom stereocenters. The van der Waals surface area contributed by atoms with Gasteiger partial charge < -0.3 is 9.67 Å². The largest absolute Gasteiger partial charge is 0.477 e. The lowest BCUT2D eigenvalue weighted by molar-refractivity contribution is 0.0695. The predicted octanol–water partition coefficient (Wildman–Crippen LogP) is 4.03. The molecule has 2 heterocycles. The number of fused-ring (bicyclic) bond motifs is 2. The van der Waals surface area contributed by atoms with Crippen molar-refractivity contribution in [1.82, 2.24) is 9.55 Å². The molecule has 2 aromatic carbocycles. The zero-order chi connectivity index (χ0) is 18.4. The van der Waals surface area contributed by atoms with Gasteiger partial charge in [0.2, 0.25) is 5.43 Å². The number of hydrogen-bond acceptors (Lipinski definition) is 3. The van der Waals surface area contributed by atoms with E-state index in [-0.39, 0.29) is 11.0 Å². The molecule has 0 spiro atoms. The van der Waals surface area contributed by atoms with E-state index in [1.165, 1.54) is 10.8 Å². The Bertz CT molecular complexity index is 1270. The third-order valence-corrected chi connectivity index (χ3v) is 4.40. The second-order valence-corrected chi connectivity index (χ2v) is 6.07. The standard InChI is InChI=1S/C19H10ClFN2O3/c20-17-15(21)8-13-16(24)14(19(25)26)9-23(18(13)22-17)12-6-5-10-3-1-2-4-11(10)7-12/h1-9H,(H,25,26). The number of aromatic carboxylic acids is 1. The average Bonchev–Trinajstić information content (AvgIpc) is 2.63. The molecule has 0 aliphatic rings. The maximum Gasteiger partial charge on any atom is 0.341 e. The van der Waals surface area contributed by atoms with Crippen molar-refractivity contribution in [2.45, 2.75) is 0 Å². The Balaban J connectivity index is 2.13. The smallest absolute Gasteiger partial charge is 0.341 e. The van der Waals surface area contributed by atoms with Gasteiger partial charge in [0.05, 0.1) is 5.39 Å². The molecule has 7 heteroatoms. The van der Waals surface area contributed by atoms with Gasteiger partial charge in [-0.2, -0.15) is 0 Å². The summed E-state index contributed by atoms with van der Waals surface area (Å²) in [5.41, 5.74) is -0.630. The molecule has 4 aromatic rings. The van der Waals surface area contributed by atoms with Crippen molar-refractivity contribution in [3.8, 4) is 5.69 Å². The minimum absolute atomic E-state index is 0.0849. The van der Waals surface area contributed by atoms with Crippen molar-refractivity contribution >= 4 is 39.4 Å². The number of carbonyl (C=O) groups is 1. The first-order chi connectivity index (χ1) is 12.5. The number of carboxylic acid groups (broad SMARTS) is 1. The Morgan fingerprint density at radius 1 is 1.12 bits per heavy atom. The summed E-state index contributed by atoms with van der Waals surface area (Å²) in [4.78, 5) is 27.8. The topological polar surface area (TPSA) is 72.2 Å². The maximum absolute atomic E-state index is 13.8. The molecule has 5 nitrogen and oxygen atoms in total. The van der Waals surface area contributed by atoms with E-state index >= 15 is 0 Å². The van der Waals surface area contributed by atoms with Crippen LogP contribution in [0.1, 0.15) is 10.4 Å². The summed E-state index contributed by atoms with van der Waals surface area (Å²) in [6.07, 6.45) is 1.18. The molecule has 1 N–H and O–H groups in total. The van der Waals surface area contributed by atoms with Gasteiger partial charge in [-0.05, 0) is 29.0 Å². The van der Waals surface area contributed by atoms with Crippen molar-refractivity contribution < 1.29 is 14.3 Å². The fourth-order valence-corrected chi connectivity index (χ4v) is 3.01. The van der Waals surface area contributed by atoms with Gasteiger partial charge in [0.25, 0.3) is 0 Å². The van der Waals surface area contributed by atoms with Crippen molar-refractivity contribution in [3.05, 3.63) is 81.5 Å². The molecule has 0 saturated carbocycles. The first-order valence-electron chi connectivity index (χ1n) is 7.59. The summed E-state index contributed by atoms with van der Waals surface area (Å²) in [5.74, 6) is -2.29. The summed E-state index contributed by atoms with van der Waals surface area (Å²) in [6, 6.07) is 14.0. The van der Waals surface area contributed by atoms with E-state index in [0.717, 1.165) is 16.8 Å². The van der Waals surface area contributed by atoms with Gasteiger partial charge in [-0.1, -0.05) is 41.9 Å². The number of carboxylic acids is 1. The van der Waals surface area contributed by atoms with Crippen LogP contribution in [0, 0.1) is 5.82 Å². The van der Waals surface area contributed by atoms with Crippen LogP contribution in [-0.2, 0) is 0 Å². The number of pyridine rings is 2. The summed E-state index contributed by atoms with van der Waals surface area (Å²) >= 11 is 5.78. The molecule has 0 aliphatic heterocycles. The highest BCUT2D eigenvalue weighted by Gasteiger charge is 2.18. The third kappa shape index (κ3) is 2.51. The maximum atomic E-state index is 13.8. The van der Waals surface area contributed by atoms with Gasteiger partial charge in [-0.3, -0.25) is 4.79 Å². The average molecular weight is 369 g/mol. The second kappa shape index (κ2) is 5.93. The quantitative estimate of drug-likeness (QED) is 0.542. The lowest BCUT2D eigenvalue weighted by Gasteiger charge is -2.13. The lowest BCUT2D eigenvalue weighted by Crippen LogP contribution is -2.19. The first-order valence-corrected chi connectivity index (χ1v) is 7.97. The Kier molecular flexibility index (Phi) is 3.70. The van der Waals surface area contributed by atoms with E-state index in [2.05, 4.69) is 4.98 Å². The van der Waals surface area contributed by atoms with Gasteiger partial charge in [0.1, 0.15) is 11.2 Å². The summed E-state index contributed by atoms with van der Waals surface area (Å²) in [5, 5.41) is 10.7. The van der Waals surface area contributed by atoms with Crippen LogP contribution in [0.3, 0.4) is 0 Å². The number of benzene rings is 2. The first kappa shape index (κ1) is 16.2. The van der Waals surface area contributed by atoms with Crippen molar-refractivity contribution in [2.75, 3.05) is 0 Å². The molecule has 4 rings (SSSR count). The van der Waals surface area contributed by atoms with Crippen LogP contribution >= 0.6 is 11.6 Å². The van der Waals surface area contributed by atoms with Crippen molar-refractivity contribution in [2.24, 2.45) is 0 Å². The molecule has 128 valence electrons. The third-order valence-electron chi connectivity index (χ3n) is 4.13. The molecule has 0 fully saturated rings. The number of rotatable bonds is 2. The SMILES string of the molecule is O=C(O)c1cn(-c2ccc3ccccc3c2)c2nc(Cl)c(F)cc2c1=O. The molecule has 0 unspecified atom stereocenters. The molecule has 0 amide bonds. The zero-order valence-corrected chi connectivity index (χ0v) is 13.9. The van der Waals surface area contributed by atoms with Crippen LogP contribution in [0.25, 0.3) is 27.5 Å². The van der Waals surface area contributed by atoms with E-state index in [1.807, 2.05) is 36.4 Å². The van der Waals surface area contributed by atoms with Crippen LogP contribution in [0.15, 0.2) is 59.5 Å². The normalized spacial score (nSPS) is 11.2. The summed E-state index contributed by atoms with van der Waals surface area (Å²) in [7, 11) is 0. The van der Waals surface area contributed by atoms with Gasteiger partial charge >= 0.3 is 5.97 Å². The Morgan fingerprint density at radius 2 is 1.85 bits per heavy atom. The number of aromatic nitrogens is 2. The fraction of sp³-hybridized carbons (Fsp3) is 0. The van der Waals surface area contributed by atoms with Gasteiger partial charge in [-0.25, -0.2) is 14.2 Å². The zero-order valence-electron chi connectivity index (χ0n) is 13.1. The Labute approximate surface area is 150 Å². The highest BCUT2D eigenvalue weighted by molar-refractivity contribution is 6.29. The van der Waals surface area contributed by atoms with Gasteiger partial charge in [0.15, 0.2) is 11.0 Å². The predicted molar refractivity (Wildman–Crippen MR) is 96.8 cm³/mol. The van der Waals surface area contributed by atoms with Crippen molar-refractivity contribution in [3.63, 3.8) is 0 Å². The lowest BCUT2D eigenvalue weighted by atomic mass is 10.1. The van der Waals surface area contributed by atoms with Crippen LogP contribution in [0.2, 0.25) is 5.15 Å². The molecule has 26 heavy (non-hydrogen) atoms. The van der Waals surface area contributed by atoms with Gasteiger partial charge in [0, 0.05) is 11.9 Å². The van der Waals surface area contributed by atoms with Crippen molar-refractivity contribution in [1.29, 1.82) is 0 Å². The number of halogens is 2. The number of nitrogens with zero attached hydrogens (tertiary/aromatic N) is 2. The molecule has 0 aliphatic carbocycles. The van der Waals surface area contributed by atoms with E-state index in [0.29, 0.717) is 5.69 Å². The minimum Gasteiger partial charge on any atom is -0.477 e. The van der Waals surface area contributed by atoms with Crippen LogP contribution in [0.5, 0.6) is 0 Å².